The lowest BCUT2D eigenvalue weighted by Crippen LogP contribution is -2.36. The number of halogens is 3. The molecule has 2 aliphatic heterocycles. The third-order valence-electron chi connectivity index (χ3n) is 6.07. The summed E-state index contributed by atoms with van der Waals surface area (Å²) in [5, 5.41) is 9.09. The van der Waals surface area contributed by atoms with Gasteiger partial charge in [-0.1, -0.05) is 0 Å². The van der Waals surface area contributed by atoms with E-state index < -0.39 is 11.7 Å². The topological polar surface area (TPSA) is 104 Å². The van der Waals surface area contributed by atoms with Crippen molar-refractivity contribution >= 4 is 23.4 Å². The Labute approximate surface area is 201 Å². The van der Waals surface area contributed by atoms with Crippen molar-refractivity contribution < 1.29 is 22.7 Å². The second kappa shape index (κ2) is 11.2. The quantitative estimate of drug-likeness (QED) is 0.481. The van der Waals surface area contributed by atoms with Gasteiger partial charge in [-0.25, -0.2) is 4.98 Å². The molecule has 2 aliphatic rings. The molecule has 0 bridgehead atoms. The number of likely N-dealkylation sites (tertiary alicyclic amines) is 1. The number of hydrogen-bond acceptors (Lipinski definition) is 8. The van der Waals surface area contributed by atoms with E-state index in [-0.39, 0.29) is 30.3 Å². The Kier molecular flexibility index (Phi) is 8.01. The van der Waals surface area contributed by atoms with E-state index in [1.165, 1.54) is 0 Å². The van der Waals surface area contributed by atoms with Gasteiger partial charge in [0.05, 0.1) is 18.0 Å². The van der Waals surface area contributed by atoms with Gasteiger partial charge in [0.1, 0.15) is 17.5 Å². The average molecular weight is 494 g/mol. The van der Waals surface area contributed by atoms with E-state index in [9.17, 15) is 18.0 Å². The Morgan fingerprint density at radius 2 is 2.14 bits per heavy atom. The molecule has 0 aliphatic carbocycles. The zero-order valence-electron chi connectivity index (χ0n) is 19.6. The Hall–Kier alpha value is -2.99. The van der Waals surface area contributed by atoms with Gasteiger partial charge in [0.25, 0.3) is 0 Å². The molecule has 4 heterocycles. The van der Waals surface area contributed by atoms with Crippen molar-refractivity contribution in [3.8, 4) is 0 Å². The minimum Gasteiger partial charge on any atom is -0.369 e. The van der Waals surface area contributed by atoms with Crippen LogP contribution in [-0.2, 0) is 15.7 Å². The number of hydrogen-bond donors (Lipinski definition) is 3. The lowest BCUT2D eigenvalue weighted by atomic mass is 10.1. The summed E-state index contributed by atoms with van der Waals surface area (Å²) in [5.41, 5.74) is 1.14. The number of carbonyl (C=O) groups is 1. The van der Waals surface area contributed by atoms with Gasteiger partial charge >= 0.3 is 6.18 Å². The predicted molar refractivity (Wildman–Crippen MR) is 124 cm³/mol. The van der Waals surface area contributed by atoms with Crippen molar-refractivity contribution in [2.75, 3.05) is 50.0 Å². The number of aryl methyl sites for hydroxylation is 1. The van der Waals surface area contributed by atoms with Crippen molar-refractivity contribution in [3.63, 3.8) is 0 Å². The van der Waals surface area contributed by atoms with Crippen LogP contribution in [0, 0.1) is 6.92 Å². The van der Waals surface area contributed by atoms with Crippen LogP contribution in [-0.4, -0.2) is 65.1 Å². The van der Waals surface area contributed by atoms with Crippen LogP contribution in [0.4, 0.5) is 30.6 Å². The Bertz CT molecular complexity index is 1030. The van der Waals surface area contributed by atoms with E-state index in [1.54, 1.807) is 17.2 Å². The highest BCUT2D eigenvalue weighted by Gasteiger charge is 2.35. The maximum atomic E-state index is 13.6. The van der Waals surface area contributed by atoms with Gasteiger partial charge in [0.2, 0.25) is 11.9 Å². The molecular formula is C23H30F3N7O2. The summed E-state index contributed by atoms with van der Waals surface area (Å²) < 4.78 is 46.6. The molecule has 1 atom stereocenters. The molecule has 1 amide bonds. The third-order valence-corrected chi connectivity index (χ3v) is 6.07. The molecule has 2 saturated heterocycles. The van der Waals surface area contributed by atoms with Gasteiger partial charge < -0.3 is 25.6 Å². The average Bonchev–Trinajstić information content (AvgIpc) is 2.84. The van der Waals surface area contributed by atoms with Gasteiger partial charge in [-0.3, -0.25) is 9.78 Å². The fraction of sp³-hybridized carbons (Fsp3) is 0.565. The number of alkyl halides is 3. The number of aromatic nitrogens is 3. The van der Waals surface area contributed by atoms with Crippen LogP contribution in [0.2, 0.25) is 0 Å². The maximum Gasteiger partial charge on any atom is 0.421 e. The summed E-state index contributed by atoms with van der Waals surface area (Å²) in [7, 11) is 0. The van der Waals surface area contributed by atoms with E-state index >= 15 is 0 Å². The highest BCUT2D eigenvalue weighted by Crippen LogP contribution is 2.35. The largest absolute Gasteiger partial charge is 0.421 e. The number of morpholine rings is 1. The summed E-state index contributed by atoms with van der Waals surface area (Å²) >= 11 is 0. The zero-order chi connectivity index (χ0) is 24.8. The first-order chi connectivity index (χ1) is 16.8. The van der Waals surface area contributed by atoms with Crippen LogP contribution >= 0.6 is 0 Å². The van der Waals surface area contributed by atoms with Crippen LogP contribution < -0.4 is 16.0 Å². The van der Waals surface area contributed by atoms with E-state index in [1.807, 2.05) is 6.92 Å². The van der Waals surface area contributed by atoms with E-state index in [0.717, 1.165) is 31.1 Å². The zero-order valence-corrected chi connectivity index (χ0v) is 19.6. The Morgan fingerprint density at radius 1 is 1.29 bits per heavy atom. The van der Waals surface area contributed by atoms with Crippen molar-refractivity contribution in [1.29, 1.82) is 0 Å². The molecule has 2 aromatic heterocycles. The second-order valence-corrected chi connectivity index (χ2v) is 8.65. The van der Waals surface area contributed by atoms with E-state index in [4.69, 9.17) is 4.74 Å². The van der Waals surface area contributed by atoms with E-state index in [2.05, 4.69) is 30.9 Å². The number of pyridine rings is 1. The van der Waals surface area contributed by atoms with Crippen molar-refractivity contribution in [1.82, 2.24) is 25.2 Å². The lowest BCUT2D eigenvalue weighted by molar-refractivity contribution is -0.137. The third kappa shape index (κ3) is 6.37. The molecule has 1 unspecified atom stereocenters. The summed E-state index contributed by atoms with van der Waals surface area (Å²) in [6, 6.07) is 1.80. The monoisotopic (exact) mass is 493 g/mol. The summed E-state index contributed by atoms with van der Waals surface area (Å²) in [6.07, 6.45) is 0.419. The van der Waals surface area contributed by atoms with Crippen LogP contribution in [0.1, 0.15) is 48.6 Å². The van der Waals surface area contributed by atoms with Gasteiger partial charge in [-0.15, -0.1) is 0 Å². The van der Waals surface area contributed by atoms with Gasteiger partial charge in [-0.05, 0) is 37.8 Å². The molecule has 190 valence electrons. The number of ether oxygens (including phenoxy) is 1. The van der Waals surface area contributed by atoms with Crippen molar-refractivity contribution in [2.45, 2.75) is 44.9 Å². The molecule has 2 fully saturated rings. The van der Waals surface area contributed by atoms with Crippen LogP contribution in [0.25, 0.3) is 0 Å². The minimum atomic E-state index is -4.61. The molecule has 12 heteroatoms. The molecule has 0 spiro atoms. The molecule has 0 saturated carbocycles. The Balaban J connectivity index is 1.49. The highest BCUT2D eigenvalue weighted by atomic mass is 19.4. The summed E-state index contributed by atoms with van der Waals surface area (Å²) in [6.45, 7) is 5.15. The molecule has 9 nitrogen and oxygen atoms in total. The maximum absolute atomic E-state index is 13.6. The van der Waals surface area contributed by atoms with Crippen LogP contribution in [0.15, 0.2) is 18.5 Å². The molecule has 0 aromatic carbocycles. The molecule has 4 rings (SSSR count). The SMILES string of the molecule is Cc1ccnc(C2CNCCO2)c1Nc1ncc(C(F)(F)F)c(NCCCN2CCCCC2=O)n1. The molecular weight excluding hydrogens is 463 g/mol. The minimum absolute atomic E-state index is 0.0211. The van der Waals surface area contributed by atoms with Crippen LogP contribution in [0.5, 0.6) is 0 Å². The smallest absolute Gasteiger partial charge is 0.369 e. The lowest BCUT2D eigenvalue weighted by Gasteiger charge is -2.26. The van der Waals surface area contributed by atoms with Gasteiger partial charge in [-0.2, -0.15) is 18.2 Å². The van der Waals surface area contributed by atoms with Crippen LogP contribution in [0.3, 0.4) is 0 Å². The number of rotatable bonds is 8. The number of anilines is 3. The number of carbonyl (C=O) groups excluding carboxylic acids is 1. The fourth-order valence-electron chi connectivity index (χ4n) is 4.20. The molecule has 2 aromatic rings. The van der Waals surface area contributed by atoms with Crippen molar-refractivity contribution in [2.24, 2.45) is 0 Å². The number of amides is 1. The summed E-state index contributed by atoms with van der Waals surface area (Å²) in [5.74, 6) is -0.188. The van der Waals surface area contributed by atoms with Gasteiger partial charge in [0.15, 0.2) is 0 Å². The van der Waals surface area contributed by atoms with E-state index in [0.29, 0.717) is 50.5 Å². The predicted octanol–water partition coefficient (Wildman–Crippen LogP) is 3.42. The second-order valence-electron chi connectivity index (χ2n) is 8.65. The van der Waals surface area contributed by atoms with Crippen molar-refractivity contribution in [3.05, 3.63) is 35.3 Å². The fourth-order valence-corrected chi connectivity index (χ4v) is 4.20. The number of nitrogens with one attached hydrogen (secondary N) is 3. The standard InChI is InChI=1S/C23H30F3N7O2/c1-15-6-8-28-20(17-14-27-9-12-35-17)19(15)31-22-30-13-16(23(24,25)26)21(32-22)29-7-4-11-33-10-3-2-5-18(33)34/h6,8,13,17,27H,2-5,7,9-12,14H2,1H3,(H2,29,30,31,32). The number of nitrogens with zero attached hydrogens (tertiary/aromatic N) is 4. The Morgan fingerprint density at radius 3 is 2.89 bits per heavy atom. The highest BCUT2D eigenvalue weighted by molar-refractivity contribution is 5.76. The first-order valence-corrected chi connectivity index (χ1v) is 11.8. The van der Waals surface area contributed by atoms with Gasteiger partial charge in [0, 0.05) is 51.5 Å². The first kappa shape index (κ1) is 25.1. The normalized spacial score (nSPS) is 19.0. The molecule has 35 heavy (non-hydrogen) atoms. The number of piperidine rings is 1. The molecule has 3 N–H and O–H groups in total. The first-order valence-electron chi connectivity index (χ1n) is 11.8. The summed E-state index contributed by atoms with van der Waals surface area (Å²) in [4.78, 5) is 26.2. The molecule has 0 radical (unpaired) electrons.